The first-order valence-corrected chi connectivity index (χ1v) is 5.18. The molecule has 0 spiro atoms. The van der Waals surface area contributed by atoms with E-state index in [1.807, 2.05) is 0 Å². The molecular formula is C10H13F2N3. The Balaban J connectivity index is 1.82. The Bertz CT molecular complexity index is 364. The zero-order valence-corrected chi connectivity index (χ0v) is 8.48. The van der Waals surface area contributed by atoms with Crippen molar-refractivity contribution >= 4 is 0 Å². The van der Waals surface area contributed by atoms with Crippen molar-refractivity contribution in [3.05, 3.63) is 18.0 Å². The second-order valence-corrected chi connectivity index (χ2v) is 4.55. The molecule has 2 fully saturated rings. The normalized spacial score (nSPS) is 34.8. The molecule has 0 aromatic carbocycles. The van der Waals surface area contributed by atoms with E-state index in [1.165, 1.54) is 6.20 Å². The molecule has 2 unspecified atom stereocenters. The number of hydrogen-bond acceptors (Lipinski definition) is 2. The summed E-state index contributed by atoms with van der Waals surface area (Å²) < 4.78 is 26.0. The fourth-order valence-electron chi connectivity index (χ4n) is 2.93. The fraction of sp³-hybridized carbons (Fsp3) is 0.700. The summed E-state index contributed by atoms with van der Waals surface area (Å²) in [5.41, 5.74) is 0.716. The summed E-state index contributed by atoms with van der Waals surface area (Å²) in [6, 6.07) is 1.73. The number of hydrogen-bond donors (Lipinski definition) is 0. The van der Waals surface area contributed by atoms with Crippen LogP contribution in [0.3, 0.4) is 0 Å². The number of halogens is 2. The van der Waals surface area contributed by atoms with Crippen LogP contribution in [0, 0.1) is 11.8 Å². The summed E-state index contributed by atoms with van der Waals surface area (Å²) in [6.07, 6.45) is 1.47. The highest BCUT2D eigenvalue weighted by atomic mass is 19.3. The lowest BCUT2D eigenvalue weighted by atomic mass is 10.2. The van der Waals surface area contributed by atoms with Gasteiger partial charge in [-0.2, -0.15) is 13.9 Å². The van der Waals surface area contributed by atoms with E-state index in [1.54, 1.807) is 6.07 Å². The maximum atomic E-state index is 12.6. The van der Waals surface area contributed by atoms with Gasteiger partial charge in [0.15, 0.2) is 0 Å². The minimum atomic E-state index is -2.51. The third kappa shape index (κ3) is 1.29. The van der Waals surface area contributed by atoms with Gasteiger partial charge in [-0.25, -0.2) is 4.68 Å². The Morgan fingerprint density at radius 2 is 2.07 bits per heavy atom. The van der Waals surface area contributed by atoms with Gasteiger partial charge in [0.1, 0.15) is 0 Å². The quantitative estimate of drug-likeness (QED) is 0.743. The van der Waals surface area contributed by atoms with Crippen LogP contribution in [0.15, 0.2) is 12.3 Å². The molecule has 82 valence electrons. The van der Waals surface area contributed by atoms with Gasteiger partial charge in [0.05, 0.1) is 0 Å². The Morgan fingerprint density at radius 3 is 2.67 bits per heavy atom. The Kier molecular flexibility index (Phi) is 1.86. The molecule has 1 aromatic heterocycles. The van der Waals surface area contributed by atoms with Crippen molar-refractivity contribution < 1.29 is 8.78 Å². The van der Waals surface area contributed by atoms with Crippen molar-refractivity contribution in [1.29, 1.82) is 0 Å². The van der Waals surface area contributed by atoms with Gasteiger partial charge in [-0.15, -0.1) is 0 Å². The number of nitrogens with zero attached hydrogens (tertiary/aromatic N) is 3. The van der Waals surface area contributed by atoms with Gasteiger partial charge in [0.25, 0.3) is 0 Å². The number of aromatic nitrogens is 2. The predicted molar refractivity (Wildman–Crippen MR) is 50.7 cm³/mol. The first kappa shape index (κ1) is 9.27. The van der Waals surface area contributed by atoms with Crippen molar-refractivity contribution in [3.8, 4) is 0 Å². The number of rotatable bonds is 2. The standard InChI is InChI=1S/C10H13F2N3/c1-14-4-6-7(5-14)9(6)8-2-3-13-15(8)10(11)12/h2-3,6-7,9-10H,4-5H2,1H3. The number of likely N-dealkylation sites (tertiary alicyclic amines) is 1. The molecule has 5 heteroatoms. The van der Waals surface area contributed by atoms with E-state index < -0.39 is 6.55 Å². The van der Waals surface area contributed by atoms with E-state index in [4.69, 9.17) is 0 Å². The van der Waals surface area contributed by atoms with Crippen LogP contribution in [0.4, 0.5) is 8.78 Å². The van der Waals surface area contributed by atoms with E-state index in [-0.39, 0.29) is 0 Å². The fourth-order valence-corrected chi connectivity index (χ4v) is 2.93. The van der Waals surface area contributed by atoms with Crippen LogP contribution in [0.1, 0.15) is 18.2 Å². The zero-order chi connectivity index (χ0) is 10.6. The molecule has 2 aliphatic rings. The maximum Gasteiger partial charge on any atom is 0.333 e. The Labute approximate surface area is 86.7 Å². The van der Waals surface area contributed by atoms with E-state index in [2.05, 4.69) is 17.0 Å². The predicted octanol–water partition coefficient (Wildman–Crippen LogP) is 1.55. The topological polar surface area (TPSA) is 21.1 Å². The average molecular weight is 213 g/mol. The molecule has 2 atom stereocenters. The monoisotopic (exact) mass is 213 g/mol. The van der Waals surface area contributed by atoms with E-state index in [0.717, 1.165) is 17.8 Å². The molecule has 1 aromatic rings. The van der Waals surface area contributed by atoms with Gasteiger partial charge in [-0.3, -0.25) is 0 Å². The molecule has 2 heterocycles. The highest BCUT2D eigenvalue weighted by Crippen LogP contribution is 2.57. The first-order chi connectivity index (χ1) is 7.18. The molecule has 1 saturated carbocycles. The van der Waals surface area contributed by atoms with Crippen molar-refractivity contribution in [2.45, 2.75) is 12.5 Å². The minimum absolute atomic E-state index is 0.317. The van der Waals surface area contributed by atoms with Crippen LogP contribution in [-0.2, 0) is 0 Å². The lowest BCUT2D eigenvalue weighted by molar-refractivity contribution is 0.0529. The Morgan fingerprint density at radius 1 is 1.40 bits per heavy atom. The number of piperidine rings is 1. The van der Waals surface area contributed by atoms with Gasteiger partial charge >= 0.3 is 6.55 Å². The number of alkyl halides is 2. The second kappa shape index (κ2) is 3.01. The van der Waals surface area contributed by atoms with Crippen LogP contribution >= 0.6 is 0 Å². The van der Waals surface area contributed by atoms with Crippen LogP contribution in [0.25, 0.3) is 0 Å². The van der Waals surface area contributed by atoms with Crippen LogP contribution < -0.4 is 0 Å². The molecular weight excluding hydrogens is 200 g/mol. The van der Waals surface area contributed by atoms with Gasteiger partial charge in [0.2, 0.25) is 0 Å². The molecule has 1 aliphatic carbocycles. The molecule has 15 heavy (non-hydrogen) atoms. The average Bonchev–Trinajstić information content (AvgIpc) is 2.64. The lowest BCUT2D eigenvalue weighted by Crippen LogP contribution is -2.19. The minimum Gasteiger partial charge on any atom is -0.306 e. The van der Waals surface area contributed by atoms with Crippen molar-refractivity contribution in [2.24, 2.45) is 11.8 Å². The third-order valence-corrected chi connectivity index (χ3v) is 3.60. The maximum absolute atomic E-state index is 12.6. The second-order valence-electron chi connectivity index (χ2n) is 4.55. The smallest absolute Gasteiger partial charge is 0.306 e. The van der Waals surface area contributed by atoms with Gasteiger partial charge in [-0.05, 0) is 24.9 Å². The summed E-state index contributed by atoms with van der Waals surface area (Å²) in [5, 5.41) is 3.68. The van der Waals surface area contributed by atoms with Crippen molar-refractivity contribution in [1.82, 2.24) is 14.7 Å². The molecule has 3 rings (SSSR count). The zero-order valence-electron chi connectivity index (χ0n) is 8.48. The van der Waals surface area contributed by atoms with Crippen LogP contribution in [0.5, 0.6) is 0 Å². The van der Waals surface area contributed by atoms with Crippen molar-refractivity contribution in [2.75, 3.05) is 20.1 Å². The number of fused-ring (bicyclic) bond motifs is 1. The van der Waals surface area contributed by atoms with Gasteiger partial charge < -0.3 is 4.90 Å². The summed E-state index contributed by atoms with van der Waals surface area (Å²) >= 11 is 0. The molecule has 3 nitrogen and oxygen atoms in total. The summed E-state index contributed by atoms with van der Waals surface area (Å²) in [4.78, 5) is 2.26. The molecule has 1 saturated heterocycles. The highest BCUT2D eigenvalue weighted by molar-refractivity contribution is 5.24. The summed E-state index contributed by atoms with van der Waals surface area (Å²) in [6.45, 7) is -0.443. The van der Waals surface area contributed by atoms with Gasteiger partial charge in [-0.1, -0.05) is 0 Å². The van der Waals surface area contributed by atoms with Crippen molar-refractivity contribution in [3.63, 3.8) is 0 Å². The molecule has 0 bridgehead atoms. The van der Waals surface area contributed by atoms with E-state index >= 15 is 0 Å². The van der Waals surface area contributed by atoms with Crippen LogP contribution in [-0.4, -0.2) is 34.8 Å². The Hall–Kier alpha value is -0.970. The van der Waals surface area contributed by atoms with Crippen LogP contribution in [0.2, 0.25) is 0 Å². The SMILES string of the molecule is CN1CC2C(C1)C2c1ccnn1C(F)F. The largest absolute Gasteiger partial charge is 0.333 e. The summed E-state index contributed by atoms with van der Waals surface area (Å²) in [7, 11) is 2.08. The van der Waals surface area contributed by atoms with Gasteiger partial charge in [0, 0.05) is 30.9 Å². The molecule has 0 N–H and O–H groups in total. The third-order valence-electron chi connectivity index (χ3n) is 3.60. The molecule has 0 radical (unpaired) electrons. The summed E-state index contributed by atoms with van der Waals surface area (Å²) in [5.74, 6) is 1.46. The van der Waals surface area contributed by atoms with E-state index in [9.17, 15) is 8.78 Å². The molecule has 0 amide bonds. The lowest BCUT2D eigenvalue weighted by Gasteiger charge is -2.13. The van der Waals surface area contributed by atoms with E-state index in [0.29, 0.717) is 23.4 Å². The first-order valence-electron chi connectivity index (χ1n) is 5.18. The highest BCUT2D eigenvalue weighted by Gasteiger charge is 2.56. The molecule has 1 aliphatic heterocycles.